The smallest absolute Gasteiger partial charge is 0.412 e. The van der Waals surface area contributed by atoms with Crippen molar-refractivity contribution in [3.8, 4) is 0 Å². The van der Waals surface area contributed by atoms with E-state index in [1.54, 1.807) is 20.8 Å². The lowest BCUT2D eigenvalue weighted by Gasteiger charge is -2.23. The highest BCUT2D eigenvalue weighted by Gasteiger charge is 2.56. The van der Waals surface area contributed by atoms with Gasteiger partial charge in [0.15, 0.2) is 0 Å². The van der Waals surface area contributed by atoms with Crippen LogP contribution in [0.3, 0.4) is 0 Å². The predicted octanol–water partition coefficient (Wildman–Crippen LogP) is 2.01. The predicted molar refractivity (Wildman–Crippen MR) is 86.9 cm³/mol. The van der Waals surface area contributed by atoms with Crippen molar-refractivity contribution in [1.29, 1.82) is 0 Å². The number of ketones is 1. The van der Waals surface area contributed by atoms with Gasteiger partial charge in [-0.3, -0.25) is 24.9 Å². The van der Waals surface area contributed by atoms with Gasteiger partial charge in [-0.1, -0.05) is 12.1 Å². The molecule has 1 heterocycles. The van der Waals surface area contributed by atoms with Gasteiger partial charge in [-0.2, -0.15) is 5.06 Å². The number of ether oxygens (including phenoxy) is 1. The molecule has 2 N–H and O–H groups in total. The van der Waals surface area contributed by atoms with Crippen LogP contribution in [0.4, 0.5) is 10.5 Å². The van der Waals surface area contributed by atoms with Crippen LogP contribution < -0.4 is 5.32 Å². The minimum absolute atomic E-state index is 0.0196. The molecule has 8 nitrogen and oxygen atoms in total. The van der Waals surface area contributed by atoms with Crippen LogP contribution in [0.25, 0.3) is 0 Å². The van der Waals surface area contributed by atoms with E-state index in [4.69, 9.17) is 4.74 Å². The fourth-order valence-electron chi connectivity index (χ4n) is 2.63. The molecule has 1 aromatic rings. The number of anilines is 1. The standard InChI is InChI=1S/C17H20N2O6/c1-10(20)17(9-13(21)19(24)14(17)22)11-5-7-12(8-6-11)18-15(23)25-16(2,3)4/h5-8,24H,9H2,1-4H3,(H,18,23). The Bertz CT molecular complexity index is 735. The van der Waals surface area contributed by atoms with E-state index >= 15 is 0 Å². The summed E-state index contributed by atoms with van der Waals surface area (Å²) in [7, 11) is 0. The van der Waals surface area contributed by atoms with Gasteiger partial charge in [-0.25, -0.2) is 4.79 Å². The van der Waals surface area contributed by atoms with E-state index in [1.165, 1.54) is 31.2 Å². The molecule has 0 aromatic heterocycles. The second-order valence-electron chi connectivity index (χ2n) is 6.85. The van der Waals surface area contributed by atoms with Crippen LogP contribution in [0, 0.1) is 0 Å². The maximum atomic E-state index is 12.2. The molecule has 1 aliphatic rings. The van der Waals surface area contributed by atoms with Gasteiger partial charge >= 0.3 is 6.09 Å². The highest BCUT2D eigenvalue weighted by molar-refractivity contribution is 6.21. The van der Waals surface area contributed by atoms with E-state index in [2.05, 4.69) is 5.32 Å². The fourth-order valence-corrected chi connectivity index (χ4v) is 2.63. The Balaban J connectivity index is 2.26. The Morgan fingerprint density at radius 1 is 1.20 bits per heavy atom. The lowest BCUT2D eigenvalue weighted by molar-refractivity contribution is -0.173. The Morgan fingerprint density at radius 3 is 2.16 bits per heavy atom. The SMILES string of the molecule is CC(=O)C1(c2ccc(NC(=O)OC(C)(C)C)cc2)CC(=O)N(O)C1=O. The minimum Gasteiger partial charge on any atom is -0.444 e. The number of rotatable bonds is 3. The number of nitrogens with one attached hydrogen (secondary N) is 1. The summed E-state index contributed by atoms with van der Waals surface area (Å²) in [5.41, 5.74) is -1.72. The summed E-state index contributed by atoms with van der Waals surface area (Å²) in [5.74, 6) is -2.36. The largest absolute Gasteiger partial charge is 0.444 e. The topological polar surface area (TPSA) is 113 Å². The molecular weight excluding hydrogens is 328 g/mol. The number of amides is 3. The normalized spacial score (nSPS) is 20.6. The number of Topliss-reactive ketones (excluding diaryl/α,β-unsaturated/α-hetero) is 1. The zero-order valence-corrected chi connectivity index (χ0v) is 14.5. The van der Waals surface area contributed by atoms with Crippen LogP contribution >= 0.6 is 0 Å². The number of carbonyl (C=O) groups is 4. The van der Waals surface area contributed by atoms with Gasteiger partial charge in [0.25, 0.3) is 11.8 Å². The molecule has 0 radical (unpaired) electrons. The van der Waals surface area contributed by atoms with Gasteiger partial charge < -0.3 is 4.74 Å². The first-order valence-corrected chi connectivity index (χ1v) is 7.65. The van der Waals surface area contributed by atoms with E-state index in [-0.39, 0.29) is 10.6 Å². The van der Waals surface area contributed by atoms with Crippen molar-refractivity contribution < 1.29 is 29.1 Å². The lowest BCUT2D eigenvalue weighted by Crippen LogP contribution is -2.42. The summed E-state index contributed by atoms with van der Waals surface area (Å²) >= 11 is 0. The van der Waals surface area contributed by atoms with Gasteiger partial charge in [0.05, 0.1) is 6.42 Å². The van der Waals surface area contributed by atoms with Gasteiger partial charge in [0.1, 0.15) is 16.8 Å². The van der Waals surface area contributed by atoms with E-state index < -0.39 is 41.1 Å². The van der Waals surface area contributed by atoms with Crippen molar-refractivity contribution in [1.82, 2.24) is 5.06 Å². The molecule has 2 rings (SSSR count). The van der Waals surface area contributed by atoms with Gasteiger partial charge in [-0.05, 0) is 45.4 Å². The number of benzene rings is 1. The number of carbonyl (C=O) groups excluding carboxylic acids is 4. The summed E-state index contributed by atoms with van der Waals surface area (Å²) in [6, 6.07) is 5.89. The molecule has 25 heavy (non-hydrogen) atoms. The Labute approximate surface area is 144 Å². The average molecular weight is 348 g/mol. The molecule has 1 unspecified atom stereocenters. The van der Waals surface area contributed by atoms with Crippen LogP contribution in [-0.2, 0) is 24.5 Å². The van der Waals surface area contributed by atoms with E-state index in [1.807, 2.05) is 0 Å². The molecule has 1 aliphatic heterocycles. The molecule has 0 aliphatic carbocycles. The monoisotopic (exact) mass is 348 g/mol. The second-order valence-corrected chi connectivity index (χ2v) is 6.85. The van der Waals surface area contributed by atoms with E-state index in [9.17, 15) is 24.4 Å². The molecule has 1 atom stereocenters. The summed E-state index contributed by atoms with van der Waals surface area (Å²) < 4.78 is 5.13. The molecule has 0 bridgehead atoms. The fraction of sp³-hybridized carbons (Fsp3) is 0.412. The first-order chi connectivity index (χ1) is 11.5. The van der Waals surface area contributed by atoms with Crippen LogP contribution in [-0.4, -0.2) is 39.6 Å². The minimum atomic E-state index is -1.74. The van der Waals surface area contributed by atoms with E-state index in [0.717, 1.165) is 0 Å². The van der Waals surface area contributed by atoms with Crippen LogP contribution in [0.1, 0.15) is 39.7 Å². The van der Waals surface area contributed by atoms with Crippen LogP contribution in [0.5, 0.6) is 0 Å². The molecule has 1 fully saturated rings. The molecule has 0 saturated carbocycles. The molecule has 3 amide bonds. The average Bonchev–Trinajstić information content (AvgIpc) is 2.71. The molecule has 8 heteroatoms. The zero-order valence-electron chi connectivity index (χ0n) is 14.5. The summed E-state index contributed by atoms with van der Waals surface area (Å²) in [5, 5.41) is 12.0. The van der Waals surface area contributed by atoms with E-state index in [0.29, 0.717) is 5.69 Å². The van der Waals surface area contributed by atoms with Crippen molar-refractivity contribution in [2.45, 2.75) is 45.1 Å². The number of hydrogen-bond donors (Lipinski definition) is 2. The summed E-state index contributed by atoms with van der Waals surface area (Å²) in [6.45, 7) is 6.39. The van der Waals surface area contributed by atoms with Crippen LogP contribution in [0.15, 0.2) is 24.3 Å². The number of imide groups is 1. The third-order valence-corrected chi connectivity index (χ3v) is 3.83. The highest BCUT2D eigenvalue weighted by atomic mass is 16.6. The Kier molecular flexibility index (Phi) is 4.68. The number of hydroxylamine groups is 2. The molecule has 0 spiro atoms. The summed E-state index contributed by atoms with van der Waals surface area (Å²) in [4.78, 5) is 47.7. The third-order valence-electron chi connectivity index (χ3n) is 3.83. The maximum absolute atomic E-state index is 12.2. The number of hydrogen-bond acceptors (Lipinski definition) is 6. The van der Waals surface area contributed by atoms with Gasteiger partial charge in [0, 0.05) is 5.69 Å². The lowest BCUT2D eigenvalue weighted by atomic mass is 9.75. The van der Waals surface area contributed by atoms with Crippen molar-refractivity contribution in [3.05, 3.63) is 29.8 Å². The van der Waals surface area contributed by atoms with Crippen LogP contribution in [0.2, 0.25) is 0 Å². The first kappa shape index (κ1) is 18.6. The maximum Gasteiger partial charge on any atom is 0.412 e. The van der Waals surface area contributed by atoms with Crippen molar-refractivity contribution in [3.63, 3.8) is 0 Å². The van der Waals surface area contributed by atoms with Crippen molar-refractivity contribution in [2.75, 3.05) is 5.32 Å². The molecule has 1 saturated heterocycles. The summed E-state index contributed by atoms with van der Waals surface area (Å²) in [6.07, 6.45) is -1.08. The van der Waals surface area contributed by atoms with Crippen molar-refractivity contribution >= 4 is 29.4 Å². The highest BCUT2D eigenvalue weighted by Crippen LogP contribution is 2.37. The van der Waals surface area contributed by atoms with Gasteiger partial charge in [0.2, 0.25) is 0 Å². The molecule has 1 aromatic carbocycles. The van der Waals surface area contributed by atoms with Gasteiger partial charge in [-0.15, -0.1) is 0 Å². The quantitative estimate of drug-likeness (QED) is 0.491. The third kappa shape index (κ3) is 3.53. The second kappa shape index (κ2) is 6.29. The molecule has 134 valence electrons. The Hall–Kier alpha value is -2.74. The zero-order chi connectivity index (χ0) is 19.0. The first-order valence-electron chi connectivity index (χ1n) is 7.65. The Morgan fingerprint density at radius 2 is 1.76 bits per heavy atom. The number of nitrogens with zero attached hydrogens (tertiary/aromatic N) is 1. The van der Waals surface area contributed by atoms with Crippen molar-refractivity contribution in [2.24, 2.45) is 0 Å². The molecular formula is C17H20N2O6.